The Morgan fingerprint density at radius 1 is 1.20 bits per heavy atom. The van der Waals surface area contributed by atoms with Gasteiger partial charge in [-0.2, -0.15) is 0 Å². The Labute approximate surface area is 122 Å². The summed E-state index contributed by atoms with van der Waals surface area (Å²) in [4.78, 5) is 14.0. The fourth-order valence-electron chi connectivity index (χ4n) is 2.62. The van der Waals surface area contributed by atoms with Crippen LogP contribution in [0.2, 0.25) is 0 Å². The molecule has 4 nitrogen and oxygen atoms in total. The van der Waals surface area contributed by atoms with Gasteiger partial charge in [-0.3, -0.25) is 4.79 Å². The standard InChI is InChI=1S/C15H15N3OS/c16-15(20)12-5-6-13(11-4-2-1-3-10(11)12)18-8-7-17-14(19)9-18/h1-6H,7-9H2,(H2,16,20)(H,17,19). The molecular weight excluding hydrogens is 270 g/mol. The minimum absolute atomic E-state index is 0.0544. The van der Waals surface area contributed by atoms with Gasteiger partial charge < -0.3 is 16.0 Å². The van der Waals surface area contributed by atoms with Crippen molar-refractivity contribution in [2.45, 2.75) is 0 Å². The summed E-state index contributed by atoms with van der Waals surface area (Å²) in [7, 11) is 0. The maximum atomic E-state index is 11.6. The van der Waals surface area contributed by atoms with Crippen LogP contribution in [0.15, 0.2) is 36.4 Å². The van der Waals surface area contributed by atoms with E-state index < -0.39 is 0 Å². The van der Waals surface area contributed by atoms with Gasteiger partial charge in [0.15, 0.2) is 0 Å². The monoisotopic (exact) mass is 285 g/mol. The van der Waals surface area contributed by atoms with Crippen LogP contribution in [0.5, 0.6) is 0 Å². The van der Waals surface area contributed by atoms with Crippen LogP contribution in [0, 0.1) is 0 Å². The van der Waals surface area contributed by atoms with Gasteiger partial charge >= 0.3 is 0 Å². The predicted octanol–water partition coefficient (Wildman–Crippen LogP) is 1.41. The Bertz CT molecular complexity index is 699. The van der Waals surface area contributed by atoms with E-state index >= 15 is 0 Å². The molecule has 2 aromatic rings. The highest BCUT2D eigenvalue weighted by Crippen LogP contribution is 2.29. The molecule has 20 heavy (non-hydrogen) atoms. The maximum Gasteiger partial charge on any atom is 0.239 e. The number of piperazine rings is 1. The van der Waals surface area contributed by atoms with Crippen molar-refractivity contribution in [3.05, 3.63) is 42.0 Å². The fourth-order valence-corrected chi connectivity index (χ4v) is 2.80. The van der Waals surface area contributed by atoms with E-state index in [9.17, 15) is 4.79 Å². The molecular formula is C15H15N3OS. The molecule has 0 spiro atoms. The lowest BCUT2D eigenvalue weighted by Gasteiger charge is -2.30. The zero-order valence-corrected chi connectivity index (χ0v) is 11.7. The molecule has 0 bridgehead atoms. The molecule has 1 heterocycles. The van der Waals surface area contributed by atoms with Crippen LogP contribution in [0.25, 0.3) is 10.8 Å². The molecule has 1 saturated heterocycles. The lowest BCUT2D eigenvalue weighted by Crippen LogP contribution is -2.47. The van der Waals surface area contributed by atoms with E-state index in [2.05, 4.69) is 10.2 Å². The summed E-state index contributed by atoms with van der Waals surface area (Å²) in [6, 6.07) is 11.9. The number of anilines is 1. The Hall–Kier alpha value is -2.14. The first kappa shape index (κ1) is 12.9. The third-order valence-corrected chi connectivity index (χ3v) is 3.77. The summed E-state index contributed by atoms with van der Waals surface area (Å²) < 4.78 is 0. The first-order chi connectivity index (χ1) is 9.66. The first-order valence-electron chi connectivity index (χ1n) is 6.50. The van der Waals surface area contributed by atoms with Gasteiger partial charge in [0.25, 0.3) is 0 Å². The number of rotatable bonds is 2. The summed E-state index contributed by atoms with van der Waals surface area (Å²) >= 11 is 5.11. The molecule has 3 N–H and O–H groups in total. The number of hydrogen-bond acceptors (Lipinski definition) is 3. The van der Waals surface area contributed by atoms with E-state index in [1.165, 1.54) is 0 Å². The summed E-state index contributed by atoms with van der Waals surface area (Å²) in [5.41, 5.74) is 7.71. The van der Waals surface area contributed by atoms with Crippen molar-refractivity contribution in [3.63, 3.8) is 0 Å². The second-order valence-electron chi connectivity index (χ2n) is 4.81. The lowest BCUT2D eigenvalue weighted by atomic mass is 10.0. The number of nitrogens with zero attached hydrogens (tertiary/aromatic N) is 1. The van der Waals surface area contributed by atoms with Crippen molar-refractivity contribution in [1.29, 1.82) is 0 Å². The van der Waals surface area contributed by atoms with Gasteiger partial charge in [-0.15, -0.1) is 0 Å². The van der Waals surface area contributed by atoms with Crippen LogP contribution in [-0.2, 0) is 4.79 Å². The summed E-state index contributed by atoms with van der Waals surface area (Å²) in [5, 5.41) is 4.95. The van der Waals surface area contributed by atoms with Gasteiger partial charge in [0.05, 0.1) is 6.54 Å². The third kappa shape index (κ3) is 2.20. The fraction of sp³-hybridized carbons (Fsp3) is 0.200. The number of nitrogens with two attached hydrogens (primary N) is 1. The average Bonchev–Trinajstić information content (AvgIpc) is 2.46. The van der Waals surface area contributed by atoms with Crippen molar-refractivity contribution in [1.82, 2.24) is 5.32 Å². The van der Waals surface area contributed by atoms with Crippen LogP contribution >= 0.6 is 12.2 Å². The van der Waals surface area contributed by atoms with Gasteiger partial charge in [0, 0.05) is 29.7 Å². The number of benzene rings is 2. The van der Waals surface area contributed by atoms with Gasteiger partial charge in [-0.05, 0) is 17.5 Å². The van der Waals surface area contributed by atoms with Crippen molar-refractivity contribution in [2.24, 2.45) is 5.73 Å². The summed E-state index contributed by atoms with van der Waals surface area (Å²) in [6.07, 6.45) is 0. The summed E-state index contributed by atoms with van der Waals surface area (Å²) in [5.74, 6) is 0.0544. The summed E-state index contributed by atoms with van der Waals surface area (Å²) in [6.45, 7) is 1.86. The highest BCUT2D eigenvalue weighted by Gasteiger charge is 2.19. The molecule has 1 fully saturated rings. The Morgan fingerprint density at radius 3 is 2.65 bits per heavy atom. The second-order valence-corrected chi connectivity index (χ2v) is 5.25. The van der Waals surface area contributed by atoms with E-state index in [4.69, 9.17) is 18.0 Å². The minimum Gasteiger partial charge on any atom is -0.389 e. The lowest BCUT2D eigenvalue weighted by molar-refractivity contribution is -0.120. The quantitative estimate of drug-likeness (QED) is 0.819. The molecule has 5 heteroatoms. The second kappa shape index (κ2) is 5.09. The number of carbonyl (C=O) groups excluding carboxylic acids is 1. The molecule has 0 aliphatic carbocycles. The first-order valence-corrected chi connectivity index (χ1v) is 6.91. The zero-order valence-electron chi connectivity index (χ0n) is 10.9. The van der Waals surface area contributed by atoms with Crippen LogP contribution in [0.4, 0.5) is 5.69 Å². The Morgan fingerprint density at radius 2 is 1.95 bits per heavy atom. The predicted molar refractivity (Wildman–Crippen MR) is 85.1 cm³/mol. The van der Waals surface area contributed by atoms with E-state index in [1.807, 2.05) is 36.4 Å². The number of carbonyl (C=O) groups is 1. The van der Waals surface area contributed by atoms with Crippen molar-refractivity contribution in [2.75, 3.05) is 24.5 Å². The molecule has 0 atom stereocenters. The van der Waals surface area contributed by atoms with Gasteiger partial charge in [0.1, 0.15) is 4.99 Å². The van der Waals surface area contributed by atoms with Crippen molar-refractivity contribution >= 4 is 39.6 Å². The van der Waals surface area contributed by atoms with E-state index in [-0.39, 0.29) is 5.91 Å². The van der Waals surface area contributed by atoms with Gasteiger partial charge in [0.2, 0.25) is 5.91 Å². The largest absolute Gasteiger partial charge is 0.389 e. The topological polar surface area (TPSA) is 58.4 Å². The number of thiocarbonyl (C=S) groups is 1. The normalized spacial score (nSPS) is 15.2. The molecule has 2 aromatic carbocycles. The number of fused-ring (bicyclic) bond motifs is 1. The number of hydrogen-bond donors (Lipinski definition) is 2. The van der Waals surface area contributed by atoms with Crippen LogP contribution in [-0.4, -0.2) is 30.5 Å². The minimum atomic E-state index is 0.0544. The van der Waals surface area contributed by atoms with E-state index in [0.29, 0.717) is 18.1 Å². The maximum absolute atomic E-state index is 11.6. The molecule has 102 valence electrons. The van der Waals surface area contributed by atoms with Crippen LogP contribution in [0.1, 0.15) is 5.56 Å². The van der Waals surface area contributed by atoms with Crippen LogP contribution in [0.3, 0.4) is 0 Å². The van der Waals surface area contributed by atoms with Crippen molar-refractivity contribution in [3.8, 4) is 0 Å². The molecule has 1 aliphatic rings. The molecule has 1 amide bonds. The molecule has 0 aromatic heterocycles. The Balaban J connectivity index is 2.15. The SMILES string of the molecule is NC(=S)c1ccc(N2CCNC(=O)C2)c2ccccc12. The molecule has 0 radical (unpaired) electrons. The number of amides is 1. The smallest absolute Gasteiger partial charge is 0.239 e. The molecule has 1 aliphatic heterocycles. The van der Waals surface area contributed by atoms with E-state index in [1.54, 1.807) is 0 Å². The number of nitrogens with one attached hydrogen (secondary N) is 1. The molecule has 0 saturated carbocycles. The molecule has 0 unspecified atom stereocenters. The van der Waals surface area contributed by atoms with Crippen LogP contribution < -0.4 is 16.0 Å². The average molecular weight is 285 g/mol. The highest BCUT2D eigenvalue weighted by atomic mass is 32.1. The zero-order chi connectivity index (χ0) is 14.1. The van der Waals surface area contributed by atoms with E-state index in [0.717, 1.165) is 28.6 Å². The van der Waals surface area contributed by atoms with Crippen molar-refractivity contribution < 1.29 is 4.79 Å². The highest BCUT2D eigenvalue weighted by molar-refractivity contribution is 7.80. The third-order valence-electron chi connectivity index (χ3n) is 3.55. The molecule has 3 rings (SSSR count). The Kier molecular flexibility index (Phi) is 3.28. The van der Waals surface area contributed by atoms with Gasteiger partial charge in [-0.25, -0.2) is 0 Å². The van der Waals surface area contributed by atoms with Gasteiger partial charge in [-0.1, -0.05) is 36.5 Å².